The molecule has 0 saturated heterocycles. The first-order valence-corrected chi connectivity index (χ1v) is 12.9. The summed E-state index contributed by atoms with van der Waals surface area (Å²) >= 11 is 3.50. The number of H-pyrrole nitrogens is 1. The Bertz CT molecular complexity index is 1450. The number of rotatable bonds is 8. The fourth-order valence-electron chi connectivity index (χ4n) is 5.17. The maximum absolute atomic E-state index is 14.0. The summed E-state index contributed by atoms with van der Waals surface area (Å²) in [5.41, 5.74) is 3.96. The molecular weight excluding hydrogens is 534 g/mol. The van der Waals surface area contributed by atoms with E-state index in [2.05, 4.69) is 26.2 Å². The Morgan fingerprint density at radius 2 is 1.84 bits per heavy atom. The highest BCUT2D eigenvalue weighted by Crippen LogP contribution is 2.44. The van der Waals surface area contributed by atoms with Crippen LogP contribution in [0.1, 0.15) is 39.0 Å². The van der Waals surface area contributed by atoms with Gasteiger partial charge in [-0.2, -0.15) is 0 Å². The van der Waals surface area contributed by atoms with Crippen LogP contribution in [0.3, 0.4) is 0 Å². The molecule has 1 aromatic heterocycles. The SMILES string of the molecule is COCCN1C(=O)c2ccccc2C(C(=O)NCc2cc(Br)ccc2OC)C1c1c[nH]c2ccccc12. The average Bonchev–Trinajstić information content (AvgIpc) is 3.35. The number of halogens is 1. The third-order valence-corrected chi connectivity index (χ3v) is 7.39. The Morgan fingerprint density at radius 3 is 2.65 bits per heavy atom. The van der Waals surface area contributed by atoms with Crippen LogP contribution in [0.25, 0.3) is 10.9 Å². The molecule has 4 aromatic rings. The van der Waals surface area contributed by atoms with E-state index in [1.807, 2.05) is 66.9 Å². The predicted octanol–water partition coefficient (Wildman–Crippen LogP) is 5.18. The number of carbonyl (C=O) groups excluding carboxylic acids is 2. The standard InChI is InChI=1S/C29H28BrN3O4/c1-36-14-13-33-27(23-17-31-24-10-6-5-7-20(23)24)26(21-8-3-4-9-22(21)29(33)35)28(34)32-16-18-15-19(30)11-12-25(18)37-2/h3-12,15,17,26-27,31H,13-14,16H2,1-2H3,(H,32,34). The number of fused-ring (bicyclic) bond motifs is 2. The van der Waals surface area contributed by atoms with E-state index < -0.39 is 12.0 Å². The third-order valence-electron chi connectivity index (χ3n) is 6.89. The fourth-order valence-corrected chi connectivity index (χ4v) is 5.58. The van der Waals surface area contributed by atoms with Gasteiger partial charge in [-0.15, -0.1) is 0 Å². The van der Waals surface area contributed by atoms with Crippen LogP contribution in [0.5, 0.6) is 5.75 Å². The molecule has 0 aliphatic carbocycles. The molecule has 7 nitrogen and oxygen atoms in total. The topological polar surface area (TPSA) is 83.7 Å². The van der Waals surface area contributed by atoms with Crippen molar-refractivity contribution in [2.75, 3.05) is 27.4 Å². The zero-order valence-corrected chi connectivity index (χ0v) is 22.2. The van der Waals surface area contributed by atoms with Gasteiger partial charge in [0.05, 0.1) is 25.7 Å². The summed E-state index contributed by atoms with van der Waals surface area (Å²) in [7, 11) is 3.22. The van der Waals surface area contributed by atoms with Gasteiger partial charge in [0.15, 0.2) is 0 Å². The Balaban J connectivity index is 1.59. The first kappa shape index (κ1) is 25.0. The van der Waals surface area contributed by atoms with Gasteiger partial charge in [0.2, 0.25) is 5.91 Å². The summed E-state index contributed by atoms with van der Waals surface area (Å²) < 4.78 is 11.7. The molecule has 0 radical (unpaired) electrons. The van der Waals surface area contributed by atoms with Crippen molar-refractivity contribution in [2.24, 2.45) is 0 Å². The van der Waals surface area contributed by atoms with E-state index in [1.54, 1.807) is 25.2 Å². The summed E-state index contributed by atoms with van der Waals surface area (Å²) in [6.07, 6.45) is 1.91. The van der Waals surface area contributed by atoms with Gasteiger partial charge >= 0.3 is 0 Å². The van der Waals surface area contributed by atoms with Crippen LogP contribution in [-0.2, 0) is 16.1 Å². The van der Waals surface area contributed by atoms with Crippen molar-refractivity contribution in [3.63, 3.8) is 0 Å². The van der Waals surface area contributed by atoms with Crippen LogP contribution in [0, 0.1) is 0 Å². The highest BCUT2D eigenvalue weighted by molar-refractivity contribution is 9.10. The molecule has 2 amide bonds. The van der Waals surface area contributed by atoms with Gasteiger partial charge in [-0.3, -0.25) is 9.59 Å². The van der Waals surface area contributed by atoms with Gasteiger partial charge < -0.3 is 24.7 Å². The first-order chi connectivity index (χ1) is 18.0. The van der Waals surface area contributed by atoms with E-state index in [9.17, 15) is 9.59 Å². The highest BCUT2D eigenvalue weighted by Gasteiger charge is 2.44. The Morgan fingerprint density at radius 1 is 1.05 bits per heavy atom. The van der Waals surface area contributed by atoms with Gasteiger partial charge in [0.1, 0.15) is 5.75 Å². The normalized spacial score (nSPS) is 17.1. The van der Waals surface area contributed by atoms with Crippen molar-refractivity contribution in [2.45, 2.75) is 18.5 Å². The number of aromatic nitrogens is 1. The summed E-state index contributed by atoms with van der Waals surface area (Å²) in [6, 6.07) is 20.5. The lowest BCUT2D eigenvalue weighted by Crippen LogP contribution is -2.48. The second kappa shape index (κ2) is 10.8. The van der Waals surface area contributed by atoms with E-state index >= 15 is 0 Å². The van der Waals surface area contributed by atoms with Gasteiger partial charge in [-0.05, 0) is 35.9 Å². The minimum absolute atomic E-state index is 0.111. The number of nitrogens with one attached hydrogen (secondary N) is 2. The molecule has 8 heteroatoms. The number of hydrogen-bond donors (Lipinski definition) is 2. The number of nitrogens with zero attached hydrogens (tertiary/aromatic N) is 1. The lowest BCUT2D eigenvalue weighted by atomic mass is 9.79. The molecule has 0 spiro atoms. The molecule has 0 fully saturated rings. The predicted molar refractivity (Wildman–Crippen MR) is 146 cm³/mol. The quantitative estimate of drug-likeness (QED) is 0.310. The van der Waals surface area contributed by atoms with Crippen molar-refractivity contribution in [3.05, 3.63) is 99.7 Å². The number of carbonyl (C=O) groups is 2. The molecule has 2 N–H and O–H groups in total. The fraction of sp³-hybridized carbons (Fsp3) is 0.241. The number of hydrogen-bond acceptors (Lipinski definition) is 4. The minimum Gasteiger partial charge on any atom is -0.496 e. The van der Waals surface area contributed by atoms with Gasteiger partial charge in [0.25, 0.3) is 5.91 Å². The minimum atomic E-state index is -0.622. The largest absolute Gasteiger partial charge is 0.496 e. The molecule has 190 valence electrons. The molecule has 1 aliphatic heterocycles. The summed E-state index contributed by atoms with van der Waals surface area (Å²) in [5, 5.41) is 4.10. The monoisotopic (exact) mass is 561 g/mol. The maximum atomic E-state index is 14.0. The zero-order valence-electron chi connectivity index (χ0n) is 20.7. The molecule has 2 unspecified atom stereocenters. The number of methoxy groups -OCH3 is 2. The maximum Gasteiger partial charge on any atom is 0.254 e. The molecule has 2 heterocycles. The number of para-hydroxylation sites is 1. The van der Waals surface area contributed by atoms with E-state index in [1.165, 1.54) is 0 Å². The summed E-state index contributed by atoms with van der Waals surface area (Å²) in [5.74, 6) is -0.207. The van der Waals surface area contributed by atoms with Crippen molar-refractivity contribution in [1.29, 1.82) is 0 Å². The molecule has 1 aliphatic rings. The average molecular weight is 562 g/mol. The van der Waals surface area contributed by atoms with E-state index in [0.717, 1.165) is 32.1 Å². The summed E-state index contributed by atoms with van der Waals surface area (Å²) in [4.78, 5) is 32.9. The van der Waals surface area contributed by atoms with Crippen LogP contribution >= 0.6 is 15.9 Å². The first-order valence-electron chi connectivity index (χ1n) is 12.1. The lowest BCUT2D eigenvalue weighted by molar-refractivity contribution is -0.124. The van der Waals surface area contributed by atoms with Crippen LogP contribution in [0.2, 0.25) is 0 Å². The van der Waals surface area contributed by atoms with Crippen LogP contribution in [-0.4, -0.2) is 49.1 Å². The Hall–Kier alpha value is -3.62. The van der Waals surface area contributed by atoms with Gasteiger partial charge in [-0.1, -0.05) is 52.3 Å². The molecule has 0 bridgehead atoms. The van der Waals surface area contributed by atoms with E-state index in [4.69, 9.17) is 9.47 Å². The second-order valence-electron chi connectivity index (χ2n) is 8.96. The van der Waals surface area contributed by atoms with E-state index in [-0.39, 0.29) is 18.4 Å². The van der Waals surface area contributed by atoms with Gasteiger partial charge in [-0.25, -0.2) is 0 Å². The van der Waals surface area contributed by atoms with Gasteiger partial charge in [0, 0.05) is 58.5 Å². The highest BCUT2D eigenvalue weighted by atomic mass is 79.9. The van der Waals surface area contributed by atoms with Crippen LogP contribution in [0.15, 0.2) is 77.4 Å². The third kappa shape index (κ3) is 4.74. The van der Waals surface area contributed by atoms with Crippen molar-refractivity contribution in [1.82, 2.24) is 15.2 Å². The van der Waals surface area contributed by atoms with Crippen molar-refractivity contribution in [3.8, 4) is 5.75 Å². The number of aromatic amines is 1. The smallest absolute Gasteiger partial charge is 0.254 e. The van der Waals surface area contributed by atoms with E-state index in [0.29, 0.717) is 24.5 Å². The van der Waals surface area contributed by atoms with Crippen LogP contribution in [0.4, 0.5) is 0 Å². The van der Waals surface area contributed by atoms with Crippen molar-refractivity contribution >= 4 is 38.6 Å². The number of ether oxygens (including phenoxy) is 2. The molecule has 37 heavy (non-hydrogen) atoms. The molecule has 2 atom stereocenters. The van der Waals surface area contributed by atoms with Crippen molar-refractivity contribution < 1.29 is 19.1 Å². The lowest BCUT2D eigenvalue weighted by Gasteiger charge is -2.41. The number of benzene rings is 3. The molecule has 3 aromatic carbocycles. The Kier molecular flexibility index (Phi) is 7.30. The number of amides is 2. The Labute approximate surface area is 223 Å². The second-order valence-corrected chi connectivity index (χ2v) is 9.88. The molecular formula is C29H28BrN3O4. The zero-order chi connectivity index (χ0) is 25.9. The molecule has 0 saturated carbocycles. The molecule has 5 rings (SSSR count). The van der Waals surface area contributed by atoms with Crippen LogP contribution < -0.4 is 10.1 Å². The summed E-state index contributed by atoms with van der Waals surface area (Å²) in [6.45, 7) is 1.00.